The van der Waals surface area contributed by atoms with Gasteiger partial charge in [0.25, 0.3) is 11.5 Å². The maximum atomic E-state index is 13.2. The molecule has 1 atom stereocenters. The molecule has 0 radical (unpaired) electrons. The smallest absolute Gasteiger partial charge is 0.450 e. The third kappa shape index (κ3) is 4.61. The summed E-state index contributed by atoms with van der Waals surface area (Å²) in [7, 11) is 1.40. The number of amides is 1. The number of aromatic nitrogens is 4. The van der Waals surface area contributed by atoms with Crippen molar-refractivity contribution in [3.8, 4) is 0 Å². The van der Waals surface area contributed by atoms with E-state index in [1.54, 1.807) is 6.92 Å². The highest BCUT2D eigenvalue weighted by molar-refractivity contribution is 7.98. The molecule has 0 aliphatic heterocycles. The van der Waals surface area contributed by atoms with Crippen LogP contribution in [0.3, 0.4) is 0 Å². The summed E-state index contributed by atoms with van der Waals surface area (Å²) in [6, 6.07) is 1.68. The molecule has 1 amide bonds. The molecule has 164 valence electrons. The van der Waals surface area contributed by atoms with Crippen LogP contribution in [0.15, 0.2) is 22.0 Å². The Labute approximate surface area is 177 Å². The van der Waals surface area contributed by atoms with Crippen molar-refractivity contribution in [1.29, 1.82) is 0 Å². The van der Waals surface area contributed by atoms with Gasteiger partial charge < -0.3 is 9.84 Å². The Balaban J connectivity index is 2.63. The van der Waals surface area contributed by atoms with E-state index in [4.69, 9.17) is 21.4 Å². The summed E-state index contributed by atoms with van der Waals surface area (Å²) in [5.41, 5.74) is -2.96. The van der Waals surface area contributed by atoms with E-state index in [2.05, 4.69) is 15.4 Å². The normalized spacial score (nSPS) is 14.5. The molecule has 2 rings (SSSR count). The maximum Gasteiger partial charge on any atom is 0.507 e. The highest BCUT2D eigenvalue weighted by Gasteiger charge is 2.36. The van der Waals surface area contributed by atoms with Crippen LogP contribution in [0.4, 0.5) is 18.0 Å². The zero-order chi connectivity index (χ0) is 22.9. The summed E-state index contributed by atoms with van der Waals surface area (Å²) in [4.78, 5) is 27.3. The number of carbonyl (C=O) groups excluding carboxylic acids is 1. The molecule has 1 N–H and O–H groups in total. The van der Waals surface area contributed by atoms with E-state index in [1.165, 1.54) is 20.2 Å². The summed E-state index contributed by atoms with van der Waals surface area (Å²) < 4.78 is 46.5. The van der Waals surface area contributed by atoms with Gasteiger partial charge in [-0.3, -0.25) is 4.79 Å². The van der Waals surface area contributed by atoms with E-state index >= 15 is 0 Å². The Morgan fingerprint density at radius 2 is 1.97 bits per heavy atom. The van der Waals surface area contributed by atoms with E-state index in [-0.39, 0.29) is 22.5 Å². The highest BCUT2D eigenvalue weighted by Crippen LogP contribution is 2.41. The van der Waals surface area contributed by atoms with Crippen molar-refractivity contribution in [1.82, 2.24) is 19.8 Å². The highest BCUT2D eigenvalue weighted by atomic mass is 35.5. The summed E-state index contributed by atoms with van der Waals surface area (Å²) in [5.74, 6) is -0.961. The number of carbonyl (C=O) groups is 2. The number of ether oxygens (including phenoxy) is 1. The predicted molar refractivity (Wildman–Crippen MR) is 100 cm³/mol. The molecule has 1 unspecified atom stereocenters. The zero-order valence-corrected chi connectivity index (χ0v) is 17.8. The quantitative estimate of drug-likeness (QED) is 0.528. The fraction of sp³-hybridized carbons (Fsp3) is 0.438. The first-order valence-corrected chi connectivity index (χ1v) is 9.90. The van der Waals surface area contributed by atoms with Gasteiger partial charge in [-0.2, -0.15) is 22.8 Å². The van der Waals surface area contributed by atoms with Crippen LogP contribution in [0.1, 0.15) is 36.2 Å². The Morgan fingerprint density at radius 3 is 2.47 bits per heavy atom. The Hall–Kier alpha value is -2.54. The molecule has 0 saturated heterocycles. The molecule has 0 saturated carbocycles. The third-order valence-electron chi connectivity index (χ3n) is 4.19. The maximum absolute atomic E-state index is 13.2. The topological polar surface area (TPSA) is 112 Å². The van der Waals surface area contributed by atoms with Gasteiger partial charge in [0, 0.05) is 18.4 Å². The summed E-state index contributed by atoms with van der Waals surface area (Å²) in [5, 5.41) is 16.1. The lowest BCUT2D eigenvalue weighted by Crippen LogP contribution is -2.43. The Kier molecular flexibility index (Phi) is 6.87. The molecule has 1 aromatic heterocycles. The van der Waals surface area contributed by atoms with E-state index in [9.17, 15) is 22.8 Å². The minimum atomic E-state index is -4.65. The molecule has 1 heterocycles. The number of rotatable bonds is 5. The third-order valence-corrected chi connectivity index (χ3v) is 5.53. The summed E-state index contributed by atoms with van der Waals surface area (Å²) >= 11 is 6.82. The number of alkyl halides is 3. The SMILES string of the molecule is CCC(C)(OC(=O)O)n1nnn(C)c1=NC(=O)c1ccc(C(F)(F)F)c(SC)c1Cl. The average Bonchev–Trinajstić information content (AvgIpc) is 3.01. The average molecular weight is 468 g/mol. The number of thioether (sulfide) groups is 1. The molecular formula is C16H17ClF3N5O4S. The van der Waals surface area contributed by atoms with Crippen LogP contribution < -0.4 is 5.62 Å². The first-order valence-electron chi connectivity index (χ1n) is 8.29. The molecule has 0 spiro atoms. The number of nitrogens with zero attached hydrogens (tertiary/aromatic N) is 5. The fourth-order valence-corrected chi connectivity index (χ4v) is 3.66. The first kappa shape index (κ1) is 23.7. The second kappa shape index (κ2) is 8.68. The van der Waals surface area contributed by atoms with Gasteiger partial charge in [0.1, 0.15) is 0 Å². The van der Waals surface area contributed by atoms with Gasteiger partial charge in [-0.25, -0.2) is 9.48 Å². The van der Waals surface area contributed by atoms with E-state index < -0.39 is 34.5 Å². The fourth-order valence-electron chi connectivity index (χ4n) is 2.49. The minimum absolute atomic E-state index is 0.122. The van der Waals surface area contributed by atoms with Crippen LogP contribution >= 0.6 is 23.4 Å². The number of hydrogen-bond acceptors (Lipinski definition) is 6. The molecular weight excluding hydrogens is 451 g/mol. The molecule has 14 heteroatoms. The van der Waals surface area contributed by atoms with Crippen molar-refractivity contribution in [3.63, 3.8) is 0 Å². The molecule has 2 aromatic rings. The van der Waals surface area contributed by atoms with E-state index in [1.807, 2.05) is 0 Å². The van der Waals surface area contributed by atoms with Crippen molar-refractivity contribution in [2.75, 3.05) is 6.26 Å². The largest absolute Gasteiger partial charge is 0.507 e. The van der Waals surface area contributed by atoms with Crippen LogP contribution in [0.2, 0.25) is 5.02 Å². The van der Waals surface area contributed by atoms with E-state index in [0.717, 1.165) is 33.3 Å². The van der Waals surface area contributed by atoms with Crippen molar-refractivity contribution >= 4 is 35.4 Å². The number of benzene rings is 1. The van der Waals surface area contributed by atoms with Crippen molar-refractivity contribution < 1.29 is 32.6 Å². The van der Waals surface area contributed by atoms with Gasteiger partial charge in [-0.05, 0) is 35.7 Å². The van der Waals surface area contributed by atoms with Crippen molar-refractivity contribution in [2.24, 2.45) is 12.0 Å². The van der Waals surface area contributed by atoms with Crippen molar-refractivity contribution in [3.05, 3.63) is 33.9 Å². The second-order valence-corrected chi connectivity index (χ2v) is 7.33. The van der Waals surface area contributed by atoms with Gasteiger partial charge in [-0.15, -0.1) is 11.8 Å². The van der Waals surface area contributed by atoms with Gasteiger partial charge in [0.15, 0.2) is 0 Å². The molecule has 30 heavy (non-hydrogen) atoms. The molecule has 0 aliphatic carbocycles. The van der Waals surface area contributed by atoms with E-state index in [0.29, 0.717) is 0 Å². The van der Waals surface area contributed by atoms with Gasteiger partial charge in [0.05, 0.1) is 16.1 Å². The number of tetrazole rings is 1. The first-order chi connectivity index (χ1) is 13.9. The molecule has 9 nitrogen and oxygen atoms in total. The standard InChI is InChI=1S/C16H17ClF3N5O4S/c1-5-15(2,29-14(27)28)25-13(24(3)22-23-25)21-12(26)8-6-7-9(16(18,19)20)11(30-4)10(8)17/h6-7H,5H2,1-4H3,(H,27,28). The van der Waals surface area contributed by atoms with Crippen LogP contribution in [-0.2, 0) is 23.7 Å². The lowest BCUT2D eigenvalue weighted by atomic mass is 10.1. The van der Waals surface area contributed by atoms with Gasteiger partial charge >= 0.3 is 12.3 Å². The van der Waals surface area contributed by atoms with Gasteiger partial charge in [-0.1, -0.05) is 18.5 Å². The molecule has 0 bridgehead atoms. The molecule has 0 aliphatic rings. The number of aryl methyl sites for hydroxylation is 1. The molecule has 1 aromatic carbocycles. The minimum Gasteiger partial charge on any atom is -0.450 e. The van der Waals surface area contributed by atoms with Crippen LogP contribution in [0.25, 0.3) is 0 Å². The lowest BCUT2D eigenvalue weighted by molar-refractivity contribution is -0.139. The van der Waals surface area contributed by atoms with Crippen LogP contribution in [-0.4, -0.2) is 43.2 Å². The van der Waals surface area contributed by atoms with Crippen LogP contribution in [0.5, 0.6) is 0 Å². The number of halogens is 4. The van der Waals surface area contributed by atoms with Crippen LogP contribution in [0, 0.1) is 0 Å². The predicted octanol–water partition coefficient (Wildman–Crippen LogP) is 3.53. The second-order valence-electron chi connectivity index (χ2n) is 6.13. The summed E-state index contributed by atoms with van der Waals surface area (Å²) in [6.45, 7) is 3.02. The summed E-state index contributed by atoms with van der Waals surface area (Å²) in [6.07, 6.45) is -4.70. The van der Waals surface area contributed by atoms with Gasteiger partial charge in [0.2, 0.25) is 5.72 Å². The molecule has 0 fully saturated rings. The Bertz CT molecular complexity index is 1050. The lowest BCUT2D eigenvalue weighted by Gasteiger charge is -2.25. The zero-order valence-electron chi connectivity index (χ0n) is 16.2. The monoisotopic (exact) mass is 467 g/mol. The number of hydrogen-bond donors (Lipinski definition) is 1. The Morgan fingerprint density at radius 1 is 1.33 bits per heavy atom. The van der Waals surface area contributed by atoms with Crippen molar-refractivity contribution in [2.45, 2.75) is 37.1 Å². The number of carboxylic acid groups (broad SMARTS) is 1.